The topological polar surface area (TPSA) is 158 Å². The number of nitrogens with zero attached hydrogens (tertiary/aromatic N) is 3. The molecule has 2 unspecified atom stereocenters. The van der Waals surface area contributed by atoms with Gasteiger partial charge in [-0.3, -0.25) is 24.6 Å². The SMILES string of the molecule is COC(=O)SC(C(=O)NC1CC(=O)N1C(C(=O)OCc1ccc([N+](=O)[O-])cc1)=C(CBr)N1CCOCC1)(c1ccsc1)C1CC1. The van der Waals surface area contributed by atoms with E-state index in [1.54, 1.807) is 0 Å². The van der Waals surface area contributed by atoms with Gasteiger partial charge in [0.2, 0.25) is 11.8 Å². The molecular formula is C29H31BrN4O9S2. The molecule has 240 valence electrons. The van der Waals surface area contributed by atoms with Crippen LogP contribution >= 0.6 is 39.0 Å². The number of amides is 2. The second kappa shape index (κ2) is 14.3. The van der Waals surface area contributed by atoms with E-state index in [9.17, 15) is 29.3 Å². The molecule has 3 fully saturated rings. The summed E-state index contributed by atoms with van der Waals surface area (Å²) >= 11 is 5.71. The number of thiophene rings is 1. The van der Waals surface area contributed by atoms with E-state index in [4.69, 9.17) is 14.2 Å². The highest BCUT2D eigenvalue weighted by atomic mass is 79.9. The summed E-state index contributed by atoms with van der Waals surface area (Å²) < 4.78 is 14.8. The number of rotatable bonds is 12. The quantitative estimate of drug-likeness (QED) is 0.0839. The monoisotopic (exact) mass is 722 g/mol. The predicted octanol–water partition coefficient (Wildman–Crippen LogP) is 4.12. The number of halogens is 1. The van der Waals surface area contributed by atoms with Crippen LogP contribution in [0.2, 0.25) is 0 Å². The van der Waals surface area contributed by atoms with Gasteiger partial charge in [0.05, 0.1) is 37.4 Å². The van der Waals surface area contributed by atoms with Crippen LogP contribution in [-0.2, 0) is 39.9 Å². The molecule has 2 amide bonds. The molecule has 2 aromatic rings. The summed E-state index contributed by atoms with van der Waals surface area (Å²) in [5.74, 6) is -1.75. The van der Waals surface area contributed by atoms with Gasteiger partial charge in [-0.05, 0) is 70.6 Å². The first-order chi connectivity index (χ1) is 21.7. The van der Waals surface area contributed by atoms with E-state index in [2.05, 4.69) is 21.2 Å². The van der Waals surface area contributed by atoms with Gasteiger partial charge >= 0.3 is 11.3 Å². The number of ether oxygens (including phenoxy) is 3. The van der Waals surface area contributed by atoms with Gasteiger partial charge in [0, 0.05) is 30.6 Å². The van der Waals surface area contributed by atoms with Crippen LogP contribution in [0.3, 0.4) is 0 Å². The molecule has 2 aliphatic heterocycles. The number of esters is 1. The maximum atomic E-state index is 14.2. The highest BCUT2D eigenvalue weighted by Gasteiger charge is 2.56. The molecule has 0 spiro atoms. The fourth-order valence-electron chi connectivity index (χ4n) is 5.37. The van der Waals surface area contributed by atoms with Gasteiger partial charge in [-0.1, -0.05) is 15.9 Å². The summed E-state index contributed by atoms with van der Waals surface area (Å²) in [6, 6.07) is 7.41. The zero-order valence-electron chi connectivity index (χ0n) is 24.3. The minimum absolute atomic E-state index is 0.0228. The van der Waals surface area contributed by atoms with Crippen molar-refractivity contribution in [1.82, 2.24) is 15.1 Å². The van der Waals surface area contributed by atoms with Crippen molar-refractivity contribution in [3.8, 4) is 0 Å². The number of methoxy groups -OCH3 is 1. The largest absolute Gasteiger partial charge is 0.461 e. The molecule has 0 bridgehead atoms. The van der Waals surface area contributed by atoms with E-state index in [1.165, 1.54) is 47.6 Å². The molecule has 1 aromatic heterocycles. The molecule has 5 rings (SSSR count). The Labute approximate surface area is 275 Å². The molecule has 1 aromatic carbocycles. The van der Waals surface area contributed by atoms with Gasteiger partial charge in [0.25, 0.3) is 5.69 Å². The number of benzene rings is 1. The first-order valence-electron chi connectivity index (χ1n) is 14.1. The number of likely N-dealkylation sites (tertiary alicyclic amines) is 1. The van der Waals surface area contributed by atoms with Crippen molar-refractivity contribution in [2.24, 2.45) is 5.92 Å². The van der Waals surface area contributed by atoms with Crippen molar-refractivity contribution in [2.45, 2.75) is 36.8 Å². The second-order valence-electron chi connectivity index (χ2n) is 10.6. The molecule has 13 nitrogen and oxygen atoms in total. The number of allylic oxidation sites excluding steroid dienone is 1. The summed E-state index contributed by atoms with van der Waals surface area (Å²) in [6.07, 6.45) is 0.547. The molecule has 1 N–H and O–H groups in total. The van der Waals surface area contributed by atoms with Gasteiger partial charge in [-0.15, -0.1) is 0 Å². The first-order valence-corrected chi connectivity index (χ1v) is 17.0. The third kappa shape index (κ3) is 7.03. The Bertz CT molecular complexity index is 1480. The Morgan fingerprint density at radius 2 is 1.91 bits per heavy atom. The standard InChI is InChI=1S/C29H31BrN4O9S2/c1-41-28(38)45-29(19-4-5-19,20-8-13-44-17-20)27(37)31-23-14-24(35)33(23)25(22(15-30)32-9-11-42-12-10-32)26(36)43-16-18-2-6-21(7-3-18)34(39)40/h2-3,6-8,13,17,19,23H,4-5,9-12,14-16H2,1H3,(H,31,37). The molecule has 1 saturated carbocycles. The molecule has 45 heavy (non-hydrogen) atoms. The Morgan fingerprint density at radius 3 is 2.47 bits per heavy atom. The maximum Gasteiger partial charge on any atom is 0.368 e. The van der Waals surface area contributed by atoms with E-state index in [0.29, 0.717) is 43.1 Å². The molecule has 2 atom stereocenters. The van der Waals surface area contributed by atoms with Crippen LogP contribution < -0.4 is 5.32 Å². The van der Waals surface area contributed by atoms with Crippen molar-refractivity contribution in [3.05, 3.63) is 73.7 Å². The van der Waals surface area contributed by atoms with Crippen molar-refractivity contribution in [1.29, 1.82) is 0 Å². The third-order valence-corrected chi connectivity index (χ3v) is 10.5. The normalized spacial score (nSPS) is 20.0. The number of non-ortho nitro benzene ring substituents is 1. The fourth-order valence-corrected chi connectivity index (χ4v) is 7.92. The molecule has 0 radical (unpaired) electrons. The number of hydrogen-bond donors (Lipinski definition) is 1. The first kappa shape index (κ1) is 32.9. The smallest absolute Gasteiger partial charge is 0.368 e. The summed E-state index contributed by atoms with van der Waals surface area (Å²) in [7, 11) is 1.26. The molecule has 3 heterocycles. The van der Waals surface area contributed by atoms with E-state index in [0.717, 1.165) is 24.6 Å². The molecule has 16 heteroatoms. The zero-order valence-corrected chi connectivity index (χ0v) is 27.5. The number of nitro benzene ring substituents is 1. The van der Waals surface area contributed by atoms with Gasteiger partial charge < -0.3 is 24.4 Å². The number of morpholine rings is 1. The number of alkyl halides is 1. The summed E-state index contributed by atoms with van der Waals surface area (Å²) in [6.45, 7) is 1.59. The van der Waals surface area contributed by atoms with E-state index < -0.39 is 33.0 Å². The van der Waals surface area contributed by atoms with E-state index >= 15 is 0 Å². The summed E-state index contributed by atoms with van der Waals surface area (Å²) in [5, 5.41) is 17.3. The fraction of sp³-hybridized carbons (Fsp3) is 0.448. The van der Waals surface area contributed by atoms with Gasteiger partial charge in [-0.25, -0.2) is 9.59 Å². The van der Waals surface area contributed by atoms with Crippen molar-refractivity contribution >= 4 is 67.8 Å². The summed E-state index contributed by atoms with van der Waals surface area (Å²) in [4.78, 5) is 67.4. The minimum Gasteiger partial charge on any atom is -0.461 e. The highest BCUT2D eigenvalue weighted by molar-refractivity contribution is 9.09. The lowest BCUT2D eigenvalue weighted by atomic mass is 9.93. The predicted molar refractivity (Wildman–Crippen MR) is 168 cm³/mol. The number of thioether (sulfide) groups is 1. The minimum atomic E-state index is -1.26. The van der Waals surface area contributed by atoms with Crippen LogP contribution in [0, 0.1) is 16.0 Å². The number of β-lactam (4-membered cyclic amide) rings is 1. The van der Waals surface area contributed by atoms with E-state index in [1.807, 2.05) is 21.7 Å². The van der Waals surface area contributed by atoms with Crippen molar-refractivity contribution in [3.63, 3.8) is 0 Å². The Hall–Kier alpha value is -3.47. The van der Waals surface area contributed by atoms with Crippen LogP contribution in [0.25, 0.3) is 0 Å². The Balaban J connectivity index is 1.44. The second-order valence-corrected chi connectivity index (χ2v) is 13.1. The van der Waals surface area contributed by atoms with Crippen LogP contribution in [0.4, 0.5) is 10.5 Å². The molecular weight excluding hydrogens is 692 g/mol. The lowest BCUT2D eigenvalue weighted by molar-refractivity contribution is -0.384. The average Bonchev–Trinajstić information content (AvgIpc) is 3.75. The number of hydrogen-bond acceptors (Lipinski definition) is 12. The van der Waals surface area contributed by atoms with Crippen LogP contribution in [-0.4, -0.2) is 82.7 Å². The summed E-state index contributed by atoms with van der Waals surface area (Å²) in [5.41, 5.74) is 1.57. The number of nitrogens with one attached hydrogen (secondary N) is 1. The maximum absolute atomic E-state index is 14.2. The van der Waals surface area contributed by atoms with Gasteiger partial charge in [0.1, 0.15) is 17.5 Å². The average molecular weight is 724 g/mol. The Morgan fingerprint density at radius 1 is 1.20 bits per heavy atom. The number of carbonyl (C=O) groups is 4. The van der Waals surface area contributed by atoms with Crippen LogP contribution in [0.15, 0.2) is 52.5 Å². The molecule has 2 saturated heterocycles. The Kier molecular flexibility index (Phi) is 10.5. The number of carbonyl (C=O) groups excluding carboxylic acids is 4. The van der Waals surface area contributed by atoms with Crippen molar-refractivity contribution < 1.29 is 38.3 Å². The van der Waals surface area contributed by atoms with Crippen LogP contribution in [0.1, 0.15) is 30.4 Å². The van der Waals surface area contributed by atoms with Crippen molar-refractivity contribution in [2.75, 3.05) is 38.7 Å². The van der Waals surface area contributed by atoms with Crippen LogP contribution in [0.5, 0.6) is 0 Å². The van der Waals surface area contributed by atoms with Gasteiger partial charge in [-0.2, -0.15) is 11.3 Å². The van der Waals surface area contributed by atoms with Gasteiger partial charge in [0.15, 0.2) is 5.70 Å². The zero-order chi connectivity index (χ0) is 32.1. The number of nitro groups is 1. The molecule has 3 aliphatic rings. The lowest BCUT2D eigenvalue weighted by Crippen LogP contribution is -2.64. The lowest BCUT2D eigenvalue weighted by Gasteiger charge is -2.44. The van der Waals surface area contributed by atoms with E-state index in [-0.39, 0.29) is 41.6 Å². The molecule has 1 aliphatic carbocycles. The third-order valence-electron chi connectivity index (χ3n) is 7.84. The highest BCUT2D eigenvalue weighted by Crippen LogP contribution is 2.55.